The third-order valence-electron chi connectivity index (χ3n) is 32.2. The van der Waals surface area contributed by atoms with Crippen molar-refractivity contribution in [2.24, 2.45) is 16.2 Å². The number of para-hydroxylation sites is 2. The molecule has 7 aromatic heterocycles. The Kier molecular flexibility index (Phi) is 33.4. The highest BCUT2D eigenvalue weighted by Gasteiger charge is 2.50. The minimum absolute atomic E-state index is 0. The fourth-order valence-electron chi connectivity index (χ4n) is 23.8. The van der Waals surface area contributed by atoms with E-state index < -0.39 is 15.7 Å². The highest BCUT2D eigenvalue weighted by atomic mass is 32.2. The van der Waals surface area contributed by atoms with Crippen LogP contribution in [-0.4, -0.2) is 299 Å². The maximum Gasteiger partial charge on any atom is 0.327 e. The van der Waals surface area contributed by atoms with Crippen molar-refractivity contribution in [3.63, 3.8) is 0 Å². The Morgan fingerprint density at radius 1 is 0.363 bits per heavy atom. The lowest BCUT2D eigenvalue weighted by atomic mass is 9.92. The van der Waals surface area contributed by atoms with Gasteiger partial charge in [0.05, 0.1) is 43.7 Å². The van der Waals surface area contributed by atoms with Gasteiger partial charge in [-0.25, -0.2) is 43.1 Å². The van der Waals surface area contributed by atoms with Crippen molar-refractivity contribution in [3.05, 3.63) is 169 Å². The number of aromatic nitrogens is 10. The molecule has 6 atom stereocenters. The number of rotatable bonds is 24. The van der Waals surface area contributed by atoms with E-state index in [0.29, 0.717) is 144 Å². The van der Waals surface area contributed by atoms with E-state index in [0.717, 1.165) is 136 Å². The number of H-pyrrole nitrogens is 3. The first-order valence-electron chi connectivity index (χ1n) is 54.0. The van der Waals surface area contributed by atoms with E-state index in [-0.39, 0.29) is 142 Å². The summed E-state index contributed by atoms with van der Waals surface area (Å²) in [6.45, 7) is 40.6. The summed E-state index contributed by atoms with van der Waals surface area (Å²) in [6, 6.07) is 27.4. The number of hydrogen-bond donors (Lipinski definition) is 3. The number of hydrogen-bond acceptors (Lipinski definition) is 22. The Labute approximate surface area is 878 Å². The SMILES string of the molecule is CC(C)(C)CCN1C(=O)[C@H](CC(=O)N2CCC(n3c(=O)[nH]c4ncccc43)CC2)S[C@H]1c1cccc(F)c1N1CCC(N2CCCCC2)CC1.CC(C)(C)CCN1C(=O)[C@H](CC(=O)N2CCC(n3c(=O)[nH]c4ncccc43)CC2)S[C@H]1c1cccc(F)c1N1CCC(N2CCCCC2)CC1.CC(C)N1CCN(c2ncccc2C2S[C@@H](CC(=O)N3CCC(n4c(=O)[nH]c5ncccc54)CC3)C(=O)N2CCC(C)(C)C)CC1.[HH].[HH].[HH].[HH].[HH].[HH]. The first-order chi connectivity index (χ1) is 70.1. The van der Waals surface area contributed by atoms with E-state index in [1.165, 1.54) is 88.2 Å². The average molecular weight is 2070 g/mol. The molecule has 11 aliphatic rings. The van der Waals surface area contributed by atoms with Gasteiger partial charge in [-0.2, -0.15) is 0 Å². The lowest BCUT2D eigenvalue weighted by Crippen LogP contribution is -2.49. The molecule has 11 saturated heterocycles. The second-order valence-electron chi connectivity index (χ2n) is 45.9. The number of amides is 6. The molecular weight excluding hydrogens is 1910 g/mol. The van der Waals surface area contributed by atoms with Crippen LogP contribution in [0.2, 0.25) is 0 Å². The fourth-order valence-corrected chi connectivity index (χ4v) is 28.3. The van der Waals surface area contributed by atoms with Crippen LogP contribution in [0.15, 0.2) is 124 Å². The molecule has 146 heavy (non-hydrogen) atoms. The van der Waals surface area contributed by atoms with Gasteiger partial charge in [-0.15, -0.1) is 35.3 Å². The summed E-state index contributed by atoms with van der Waals surface area (Å²) in [5.41, 5.74) is 7.62. The zero-order chi connectivity index (χ0) is 103. The molecule has 9 aromatic rings. The number of nitrogens with zero attached hydrogens (tertiary/aromatic N) is 19. The van der Waals surface area contributed by atoms with Gasteiger partial charge in [0.25, 0.3) is 0 Å². The van der Waals surface area contributed by atoms with E-state index in [1.807, 2.05) is 90.2 Å². The zero-order valence-electron chi connectivity index (χ0n) is 87.4. The van der Waals surface area contributed by atoms with Crippen LogP contribution in [0.5, 0.6) is 0 Å². The number of nitrogens with one attached hydrogen (secondary N) is 3. The number of anilines is 3. The first-order valence-corrected chi connectivity index (χ1v) is 56.8. The Morgan fingerprint density at radius 2 is 0.664 bits per heavy atom. The highest BCUT2D eigenvalue weighted by molar-refractivity contribution is 8.01. The van der Waals surface area contributed by atoms with Gasteiger partial charge >= 0.3 is 17.1 Å². The number of pyridine rings is 4. The van der Waals surface area contributed by atoms with Gasteiger partial charge in [-0.3, -0.25) is 62.3 Å². The minimum atomic E-state index is -0.534. The standard InChI is InChI=1S/2C38H52FN7O3S.C34H48N8O3S.6H2/c2*1-38(2,3)16-24-45-35(48)31(25-32(47)43-20-14-27(15-21-43)46-30-11-8-17-40-34(30)41-37(46)49)50-36(45)28-9-7-10-29(39)33(28)44-22-12-26(13-23-44)42-18-5-4-6-19-42;1-23(2)38-18-20-40(21-19-38)30-25(8-6-14-36-30)32-41(17-12-34(3,4)5)31(44)27(46-32)22-28(43)39-15-10-24(11-16-39)42-26-9-7-13-35-29(26)37-33(42)45;;;;;;/h2*7-11,17,26-27,31,36H,4-6,12-16,18-25H2,1-3H3,(H,40,41,49);6-9,13-14,23-24,27,32H,10-12,15-22H2,1-5H3,(H,35,37,45);6*1H/t2*31-,36-;27-,32?;;;;;;/m000....../s1. The molecule has 0 spiro atoms. The van der Waals surface area contributed by atoms with Crippen molar-refractivity contribution < 1.29 is 46.1 Å². The fraction of sp³-hybridized carbons (Fsp3) is 0.627. The Balaban J connectivity index is 0.000000198. The van der Waals surface area contributed by atoms with Crippen molar-refractivity contribution in [1.29, 1.82) is 0 Å². The molecule has 0 bridgehead atoms. The predicted molar refractivity (Wildman–Crippen MR) is 589 cm³/mol. The normalized spacial score (nSPS) is 22.9. The minimum Gasteiger partial charge on any atom is -0.369 e. The van der Waals surface area contributed by atoms with E-state index in [1.54, 1.807) is 68.3 Å². The Morgan fingerprint density at radius 3 is 0.986 bits per heavy atom. The van der Waals surface area contributed by atoms with E-state index in [4.69, 9.17) is 4.98 Å². The number of benzene rings is 2. The molecule has 2 aromatic carbocycles. The van der Waals surface area contributed by atoms with Crippen LogP contribution in [0.1, 0.15) is 277 Å². The second kappa shape index (κ2) is 46.1. The largest absolute Gasteiger partial charge is 0.369 e. The number of halogens is 2. The lowest BCUT2D eigenvalue weighted by molar-refractivity contribution is -0.136. The molecule has 3 N–H and O–H groups in total. The van der Waals surface area contributed by atoms with Crippen molar-refractivity contribution >= 4 is 121 Å². The Hall–Kier alpha value is -10.1. The number of piperidine rings is 7. The van der Waals surface area contributed by atoms with Crippen LogP contribution in [0.25, 0.3) is 33.5 Å². The van der Waals surface area contributed by atoms with Gasteiger partial charge in [-0.1, -0.05) is 105 Å². The van der Waals surface area contributed by atoms with E-state index in [2.05, 4.69) is 142 Å². The van der Waals surface area contributed by atoms with Crippen molar-refractivity contribution in [3.8, 4) is 0 Å². The van der Waals surface area contributed by atoms with Crippen LogP contribution in [0, 0.1) is 27.9 Å². The maximum atomic E-state index is 15.9. The summed E-state index contributed by atoms with van der Waals surface area (Å²) in [5.74, 6) is 0.355. The van der Waals surface area contributed by atoms with Crippen LogP contribution >= 0.6 is 35.3 Å². The van der Waals surface area contributed by atoms with Crippen molar-refractivity contribution in [2.45, 2.75) is 286 Å². The van der Waals surface area contributed by atoms with Gasteiger partial charge in [0.1, 0.15) is 33.6 Å². The summed E-state index contributed by atoms with van der Waals surface area (Å²) < 4.78 is 37.1. The predicted octanol–water partition coefficient (Wildman–Crippen LogP) is 17.7. The highest BCUT2D eigenvalue weighted by Crippen LogP contribution is 2.53. The van der Waals surface area contributed by atoms with Crippen LogP contribution in [-0.2, 0) is 28.8 Å². The lowest BCUT2D eigenvalue weighted by Gasteiger charge is -2.42. The molecule has 11 fully saturated rings. The quantitative estimate of drug-likeness (QED) is 0.0506. The summed E-state index contributed by atoms with van der Waals surface area (Å²) in [7, 11) is 0. The maximum absolute atomic E-state index is 15.9. The van der Waals surface area contributed by atoms with Gasteiger partial charge in [-0.05, 0) is 220 Å². The first kappa shape index (κ1) is 106. The molecule has 20 rings (SSSR count). The van der Waals surface area contributed by atoms with Gasteiger partial charge in [0.2, 0.25) is 35.4 Å². The average Bonchev–Trinajstić information content (AvgIpc) is 1.52. The summed E-state index contributed by atoms with van der Waals surface area (Å²) in [4.78, 5) is 174. The molecule has 36 heteroatoms. The Bertz CT molecular complexity index is 6020. The summed E-state index contributed by atoms with van der Waals surface area (Å²) >= 11 is 4.62. The molecule has 31 nitrogen and oxygen atoms in total. The molecule has 0 saturated carbocycles. The molecule has 18 heterocycles. The summed E-state index contributed by atoms with van der Waals surface area (Å²) in [6.07, 6.45) is 25.4. The van der Waals surface area contributed by atoms with Gasteiger partial charge in [0.15, 0.2) is 16.9 Å². The molecule has 6 amide bonds. The van der Waals surface area contributed by atoms with Crippen LogP contribution in [0.4, 0.5) is 26.0 Å². The number of carbonyl (C=O) groups is 6. The number of imidazole rings is 3. The molecular formula is C110H164F2N22O9S3. The number of carbonyl (C=O) groups excluding carboxylic acids is 6. The third kappa shape index (κ3) is 24.3. The number of aromatic amines is 3. The second-order valence-corrected chi connectivity index (χ2v) is 49.8. The van der Waals surface area contributed by atoms with Crippen LogP contribution in [0.3, 0.4) is 0 Å². The molecule has 0 radical (unpaired) electrons. The molecule has 0 aliphatic carbocycles. The summed E-state index contributed by atoms with van der Waals surface area (Å²) in [5, 5.41) is -2.42. The molecule has 11 aliphatic heterocycles. The van der Waals surface area contributed by atoms with Gasteiger partial charge < -0.3 is 53.9 Å². The van der Waals surface area contributed by atoms with E-state index in [9.17, 15) is 43.2 Å². The van der Waals surface area contributed by atoms with Crippen LogP contribution < -0.4 is 31.8 Å². The number of likely N-dealkylation sites (tertiary alicyclic amines) is 5. The molecule has 1 unspecified atom stereocenters. The smallest absolute Gasteiger partial charge is 0.327 e. The number of piperazine rings is 1. The third-order valence-corrected chi connectivity index (χ3v) is 36.6. The molecule has 800 valence electrons. The van der Waals surface area contributed by atoms with Crippen molar-refractivity contribution in [2.75, 3.05) is 152 Å². The number of fused-ring (bicyclic) bond motifs is 3. The topological polar surface area (TPSA) is 306 Å². The monoisotopic (exact) mass is 2070 g/mol. The van der Waals surface area contributed by atoms with E-state index >= 15 is 8.78 Å². The van der Waals surface area contributed by atoms with Crippen molar-refractivity contribution in [1.82, 2.24) is 92.7 Å². The van der Waals surface area contributed by atoms with Gasteiger partial charge in [0, 0.05) is 217 Å². The number of thioether (sulfide) groups is 3. The zero-order valence-corrected chi connectivity index (χ0v) is 89.8.